The summed E-state index contributed by atoms with van der Waals surface area (Å²) in [5, 5.41) is 3.58. The molecule has 1 aliphatic heterocycles. The number of rotatable bonds is 5. The lowest BCUT2D eigenvalue weighted by molar-refractivity contribution is 0.137. The van der Waals surface area contributed by atoms with Crippen LogP contribution < -0.4 is 5.32 Å². The summed E-state index contributed by atoms with van der Waals surface area (Å²) in [4.78, 5) is 2.60. The Labute approximate surface area is 94.4 Å². The van der Waals surface area contributed by atoms with Crippen molar-refractivity contribution in [2.75, 3.05) is 19.6 Å². The molecule has 1 rings (SSSR count). The lowest BCUT2D eigenvalue weighted by Gasteiger charge is -2.38. The van der Waals surface area contributed by atoms with Crippen LogP contribution in [0.4, 0.5) is 0 Å². The van der Waals surface area contributed by atoms with E-state index in [2.05, 4.69) is 30.0 Å². The van der Waals surface area contributed by atoms with Crippen molar-refractivity contribution >= 4 is 0 Å². The molecule has 2 nitrogen and oxygen atoms in total. The summed E-state index contributed by atoms with van der Waals surface area (Å²) in [5.41, 5.74) is 0. The van der Waals surface area contributed by atoms with Gasteiger partial charge in [-0.25, -0.2) is 0 Å². The summed E-state index contributed by atoms with van der Waals surface area (Å²) in [6, 6.07) is 1.37. The zero-order valence-corrected chi connectivity index (χ0v) is 10.1. The Balaban J connectivity index is 2.22. The van der Waals surface area contributed by atoms with E-state index in [4.69, 9.17) is 6.42 Å². The summed E-state index contributed by atoms with van der Waals surface area (Å²) in [7, 11) is 0. The topological polar surface area (TPSA) is 15.3 Å². The van der Waals surface area contributed by atoms with Gasteiger partial charge in [0.15, 0.2) is 0 Å². The average Bonchev–Trinajstić information content (AvgIpc) is 2.26. The Morgan fingerprint density at radius 2 is 2.27 bits per heavy atom. The number of nitrogens with zero attached hydrogens (tertiary/aromatic N) is 1. The molecule has 0 aromatic heterocycles. The predicted octanol–water partition coefficient (Wildman–Crippen LogP) is 1.86. The van der Waals surface area contributed by atoms with E-state index in [9.17, 15) is 0 Å². The Hall–Kier alpha value is -0.520. The van der Waals surface area contributed by atoms with E-state index in [-0.39, 0.29) is 0 Å². The minimum atomic E-state index is 0.679. The summed E-state index contributed by atoms with van der Waals surface area (Å²) >= 11 is 0. The van der Waals surface area contributed by atoms with Crippen LogP contribution in [0.5, 0.6) is 0 Å². The van der Waals surface area contributed by atoms with Gasteiger partial charge in [0.1, 0.15) is 0 Å². The number of terminal acetylenes is 1. The lowest BCUT2D eigenvalue weighted by Crippen LogP contribution is -2.55. The second-order valence-corrected chi connectivity index (χ2v) is 4.52. The van der Waals surface area contributed by atoms with Crippen molar-refractivity contribution in [3.8, 4) is 12.3 Å². The number of nitrogens with one attached hydrogen (secondary N) is 1. The van der Waals surface area contributed by atoms with Gasteiger partial charge in [-0.1, -0.05) is 6.92 Å². The number of piperazine rings is 1. The number of unbranched alkanes of at least 4 members (excludes halogenated alkanes) is 2. The highest BCUT2D eigenvalue weighted by atomic mass is 15.2. The first-order valence-electron chi connectivity index (χ1n) is 6.18. The summed E-state index contributed by atoms with van der Waals surface area (Å²) in [6.45, 7) is 8.10. The van der Waals surface area contributed by atoms with Crippen LogP contribution in [0.25, 0.3) is 0 Å². The molecule has 1 aliphatic rings. The second-order valence-electron chi connectivity index (χ2n) is 4.52. The van der Waals surface area contributed by atoms with Crippen LogP contribution in [0.2, 0.25) is 0 Å². The standard InChI is InChI=1S/C13H24N2/c1-4-6-7-8-9-15-11-13(5-2)14-10-12(15)3/h1,12-14H,5-11H2,2-3H3. The summed E-state index contributed by atoms with van der Waals surface area (Å²) < 4.78 is 0. The van der Waals surface area contributed by atoms with Gasteiger partial charge < -0.3 is 5.32 Å². The van der Waals surface area contributed by atoms with Gasteiger partial charge in [-0.15, -0.1) is 12.3 Å². The molecule has 0 saturated carbocycles. The SMILES string of the molecule is C#CCCCCN1CC(CC)NCC1C. The molecule has 0 aromatic rings. The fourth-order valence-electron chi connectivity index (χ4n) is 2.12. The van der Waals surface area contributed by atoms with Gasteiger partial charge in [0.2, 0.25) is 0 Å². The molecule has 1 heterocycles. The molecule has 1 fully saturated rings. The van der Waals surface area contributed by atoms with E-state index in [1.807, 2.05) is 0 Å². The fourth-order valence-corrected chi connectivity index (χ4v) is 2.12. The largest absolute Gasteiger partial charge is 0.311 e. The molecule has 2 heteroatoms. The van der Waals surface area contributed by atoms with Gasteiger partial charge in [-0.05, 0) is 32.7 Å². The molecule has 0 aliphatic carbocycles. The molecule has 15 heavy (non-hydrogen) atoms. The number of hydrogen-bond donors (Lipinski definition) is 1. The highest BCUT2D eigenvalue weighted by molar-refractivity contribution is 4.85. The molecule has 0 bridgehead atoms. The van der Waals surface area contributed by atoms with Crippen LogP contribution >= 0.6 is 0 Å². The third kappa shape index (κ3) is 4.24. The Kier molecular flexibility index (Phi) is 5.75. The van der Waals surface area contributed by atoms with E-state index >= 15 is 0 Å². The highest BCUT2D eigenvalue weighted by Crippen LogP contribution is 2.10. The molecule has 0 aromatic carbocycles. The molecule has 2 unspecified atom stereocenters. The Bertz CT molecular complexity index is 207. The van der Waals surface area contributed by atoms with E-state index in [1.54, 1.807) is 0 Å². The van der Waals surface area contributed by atoms with E-state index < -0.39 is 0 Å². The maximum absolute atomic E-state index is 5.25. The quantitative estimate of drug-likeness (QED) is 0.548. The van der Waals surface area contributed by atoms with Crippen molar-refractivity contribution in [3.63, 3.8) is 0 Å². The highest BCUT2D eigenvalue weighted by Gasteiger charge is 2.22. The maximum atomic E-state index is 5.25. The fraction of sp³-hybridized carbons (Fsp3) is 0.846. The summed E-state index contributed by atoms with van der Waals surface area (Å²) in [5.74, 6) is 2.71. The van der Waals surface area contributed by atoms with Crippen LogP contribution in [-0.2, 0) is 0 Å². The molecule has 2 atom stereocenters. The molecular weight excluding hydrogens is 184 g/mol. The molecule has 0 spiro atoms. The van der Waals surface area contributed by atoms with Gasteiger partial charge >= 0.3 is 0 Å². The van der Waals surface area contributed by atoms with Crippen molar-refractivity contribution in [2.45, 2.75) is 51.6 Å². The molecular formula is C13H24N2. The van der Waals surface area contributed by atoms with Crippen molar-refractivity contribution < 1.29 is 0 Å². The van der Waals surface area contributed by atoms with Crippen LogP contribution in [0.15, 0.2) is 0 Å². The van der Waals surface area contributed by atoms with E-state index in [0.29, 0.717) is 12.1 Å². The monoisotopic (exact) mass is 208 g/mol. The van der Waals surface area contributed by atoms with Crippen LogP contribution in [-0.4, -0.2) is 36.6 Å². The van der Waals surface area contributed by atoms with Crippen LogP contribution in [0, 0.1) is 12.3 Å². The lowest BCUT2D eigenvalue weighted by atomic mass is 10.1. The van der Waals surface area contributed by atoms with Crippen LogP contribution in [0.1, 0.15) is 39.5 Å². The van der Waals surface area contributed by atoms with E-state index in [1.165, 1.54) is 32.4 Å². The Morgan fingerprint density at radius 3 is 2.93 bits per heavy atom. The smallest absolute Gasteiger partial charge is 0.0193 e. The first kappa shape index (κ1) is 12.5. The molecule has 0 radical (unpaired) electrons. The van der Waals surface area contributed by atoms with Gasteiger partial charge in [0, 0.05) is 31.6 Å². The van der Waals surface area contributed by atoms with Gasteiger partial charge in [-0.3, -0.25) is 4.90 Å². The molecule has 1 N–H and O–H groups in total. The first-order valence-corrected chi connectivity index (χ1v) is 6.18. The Morgan fingerprint density at radius 1 is 1.47 bits per heavy atom. The van der Waals surface area contributed by atoms with Crippen molar-refractivity contribution in [1.29, 1.82) is 0 Å². The van der Waals surface area contributed by atoms with Crippen LogP contribution in [0.3, 0.4) is 0 Å². The average molecular weight is 208 g/mol. The minimum absolute atomic E-state index is 0.679. The number of hydrogen-bond acceptors (Lipinski definition) is 2. The predicted molar refractivity (Wildman–Crippen MR) is 65.8 cm³/mol. The molecule has 0 amide bonds. The first-order chi connectivity index (χ1) is 7.27. The molecule has 86 valence electrons. The third-order valence-corrected chi connectivity index (χ3v) is 3.29. The van der Waals surface area contributed by atoms with Crippen molar-refractivity contribution in [2.24, 2.45) is 0 Å². The minimum Gasteiger partial charge on any atom is -0.311 e. The van der Waals surface area contributed by atoms with Crippen molar-refractivity contribution in [3.05, 3.63) is 0 Å². The molecule has 1 saturated heterocycles. The third-order valence-electron chi connectivity index (χ3n) is 3.29. The summed E-state index contributed by atoms with van der Waals surface area (Å²) in [6.07, 6.45) is 9.81. The second kappa shape index (κ2) is 6.87. The van der Waals surface area contributed by atoms with Gasteiger partial charge in [-0.2, -0.15) is 0 Å². The zero-order valence-electron chi connectivity index (χ0n) is 10.1. The maximum Gasteiger partial charge on any atom is 0.0193 e. The van der Waals surface area contributed by atoms with Gasteiger partial charge in [0.25, 0.3) is 0 Å². The normalized spacial score (nSPS) is 27.5. The van der Waals surface area contributed by atoms with E-state index in [0.717, 1.165) is 13.0 Å². The van der Waals surface area contributed by atoms with Gasteiger partial charge in [0.05, 0.1) is 0 Å². The van der Waals surface area contributed by atoms with Crippen molar-refractivity contribution in [1.82, 2.24) is 10.2 Å². The zero-order chi connectivity index (χ0) is 11.1.